The molecule has 42 heavy (non-hydrogen) atoms. The summed E-state index contributed by atoms with van der Waals surface area (Å²) in [7, 11) is -2.60. The zero-order valence-electron chi connectivity index (χ0n) is 25.1. The van der Waals surface area contributed by atoms with Gasteiger partial charge in [-0.3, -0.25) is 13.9 Å². The SMILES string of the molecule is CCC(C(=O)NCC(C)C)N(Cc1ccc(OC)cc1)C(=O)CN(c1ccc(Cl)cc1C)S(=O)(=O)c1ccc(C)cc1. The van der Waals surface area contributed by atoms with Gasteiger partial charge in [0.05, 0.1) is 17.7 Å². The molecule has 1 unspecified atom stereocenters. The highest BCUT2D eigenvalue weighted by molar-refractivity contribution is 7.92. The molecule has 0 aliphatic carbocycles. The number of amides is 2. The molecule has 3 aromatic carbocycles. The van der Waals surface area contributed by atoms with Gasteiger partial charge in [-0.25, -0.2) is 8.42 Å². The number of rotatable bonds is 13. The first kappa shape index (κ1) is 32.9. The van der Waals surface area contributed by atoms with Gasteiger partial charge < -0.3 is 15.0 Å². The number of carbonyl (C=O) groups excluding carboxylic acids is 2. The summed E-state index contributed by atoms with van der Waals surface area (Å²) >= 11 is 6.19. The van der Waals surface area contributed by atoms with E-state index in [1.54, 1.807) is 56.5 Å². The number of carbonyl (C=O) groups is 2. The van der Waals surface area contributed by atoms with Crippen LogP contribution >= 0.6 is 11.6 Å². The van der Waals surface area contributed by atoms with E-state index >= 15 is 0 Å². The zero-order chi connectivity index (χ0) is 31.0. The Morgan fingerprint density at radius 2 is 1.62 bits per heavy atom. The molecule has 0 spiro atoms. The molecule has 8 nitrogen and oxygen atoms in total. The molecule has 2 amide bonds. The van der Waals surface area contributed by atoms with Gasteiger partial charge in [0.2, 0.25) is 11.8 Å². The third-order valence-corrected chi connectivity index (χ3v) is 8.91. The largest absolute Gasteiger partial charge is 0.497 e. The van der Waals surface area contributed by atoms with Crippen LogP contribution < -0.4 is 14.4 Å². The van der Waals surface area contributed by atoms with E-state index < -0.39 is 28.5 Å². The van der Waals surface area contributed by atoms with Gasteiger partial charge in [0.15, 0.2) is 0 Å². The minimum absolute atomic E-state index is 0.0543. The fourth-order valence-electron chi connectivity index (χ4n) is 4.52. The molecule has 0 heterocycles. The summed E-state index contributed by atoms with van der Waals surface area (Å²) in [6.07, 6.45) is 0.344. The topological polar surface area (TPSA) is 96.0 Å². The van der Waals surface area contributed by atoms with Crippen molar-refractivity contribution in [3.8, 4) is 5.75 Å². The van der Waals surface area contributed by atoms with Crippen molar-refractivity contribution in [2.75, 3.05) is 24.5 Å². The fourth-order valence-corrected chi connectivity index (χ4v) is 6.22. The number of hydrogen-bond acceptors (Lipinski definition) is 5. The Morgan fingerprint density at radius 3 is 2.17 bits per heavy atom. The molecule has 1 atom stereocenters. The van der Waals surface area contributed by atoms with E-state index in [-0.39, 0.29) is 23.3 Å². The number of anilines is 1. The lowest BCUT2D eigenvalue weighted by Crippen LogP contribution is -2.52. The second-order valence-electron chi connectivity index (χ2n) is 10.7. The number of methoxy groups -OCH3 is 1. The van der Waals surface area contributed by atoms with Crippen molar-refractivity contribution in [2.45, 2.75) is 58.5 Å². The van der Waals surface area contributed by atoms with E-state index in [4.69, 9.17) is 16.3 Å². The van der Waals surface area contributed by atoms with Gasteiger partial charge in [0, 0.05) is 18.1 Å². The first-order valence-corrected chi connectivity index (χ1v) is 15.7. The highest BCUT2D eigenvalue weighted by Gasteiger charge is 2.34. The summed E-state index contributed by atoms with van der Waals surface area (Å²) in [5, 5.41) is 3.38. The molecule has 0 bridgehead atoms. The second-order valence-corrected chi connectivity index (χ2v) is 13.0. The van der Waals surface area contributed by atoms with Crippen molar-refractivity contribution in [2.24, 2.45) is 5.92 Å². The summed E-state index contributed by atoms with van der Waals surface area (Å²) in [4.78, 5) is 29.1. The Bertz CT molecular complexity index is 1470. The number of benzene rings is 3. The summed E-state index contributed by atoms with van der Waals surface area (Å²) in [6.45, 7) is 9.47. The van der Waals surface area contributed by atoms with Gasteiger partial charge in [-0.15, -0.1) is 0 Å². The van der Waals surface area contributed by atoms with E-state index in [9.17, 15) is 18.0 Å². The van der Waals surface area contributed by atoms with Crippen molar-refractivity contribution < 1.29 is 22.7 Å². The third-order valence-electron chi connectivity index (χ3n) is 6.90. The standard InChI is InChI=1S/C32H40ClN3O5S/c1-7-29(32(38)34-19-22(2)3)35(20-25-10-13-27(41-6)14-11-25)31(37)21-36(30-17-12-26(33)18-24(30)5)42(39,40)28-15-8-23(4)9-16-28/h8-18,22,29H,7,19-21H2,1-6H3,(H,34,38). The molecule has 0 saturated carbocycles. The van der Waals surface area contributed by atoms with Gasteiger partial charge in [-0.1, -0.05) is 62.2 Å². The number of sulfonamides is 1. The Balaban J connectivity index is 2.07. The monoisotopic (exact) mass is 613 g/mol. The molecule has 3 rings (SSSR count). The number of ether oxygens (including phenoxy) is 1. The van der Waals surface area contributed by atoms with Crippen molar-refractivity contribution in [1.82, 2.24) is 10.2 Å². The van der Waals surface area contributed by atoms with Crippen molar-refractivity contribution >= 4 is 39.1 Å². The molecule has 0 aliphatic heterocycles. The predicted molar refractivity (Wildman–Crippen MR) is 167 cm³/mol. The van der Waals surface area contributed by atoms with Crippen LogP contribution in [0, 0.1) is 19.8 Å². The van der Waals surface area contributed by atoms with Crippen LogP contribution in [0.15, 0.2) is 71.6 Å². The number of halogens is 1. The molecule has 0 radical (unpaired) electrons. The van der Waals surface area contributed by atoms with Crippen molar-refractivity contribution in [3.63, 3.8) is 0 Å². The molecule has 10 heteroatoms. The lowest BCUT2D eigenvalue weighted by atomic mass is 10.1. The quantitative estimate of drug-likeness (QED) is 0.265. The molecular formula is C32H40ClN3O5S. The Labute approximate surface area is 254 Å². The first-order valence-electron chi connectivity index (χ1n) is 13.9. The van der Waals surface area contributed by atoms with Crippen molar-refractivity contribution in [3.05, 3.63) is 88.4 Å². The van der Waals surface area contributed by atoms with Gasteiger partial charge in [-0.05, 0) is 79.8 Å². The summed E-state index contributed by atoms with van der Waals surface area (Å²) < 4.78 is 34.5. The number of hydrogen-bond donors (Lipinski definition) is 1. The Kier molecular flexibility index (Phi) is 11.4. The van der Waals surface area contributed by atoms with Gasteiger partial charge in [-0.2, -0.15) is 0 Å². The maximum Gasteiger partial charge on any atom is 0.264 e. The molecule has 0 aromatic heterocycles. The highest BCUT2D eigenvalue weighted by atomic mass is 35.5. The molecule has 0 fully saturated rings. The fraction of sp³-hybridized carbons (Fsp3) is 0.375. The molecule has 0 aliphatic rings. The molecule has 3 aromatic rings. The molecule has 0 saturated heterocycles. The van der Waals surface area contributed by atoms with Crippen LogP contribution in [0.2, 0.25) is 5.02 Å². The molecule has 226 valence electrons. The van der Waals surface area contributed by atoms with E-state index in [2.05, 4.69) is 5.32 Å². The van der Waals surface area contributed by atoms with E-state index in [0.29, 0.717) is 35.0 Å². The zero-order valence-corrected chi connectivity index (χ0v) is 26.6. The number of nitrogens with one attached hydrogen (secondary N) is 1. The van der Waals surface area contributed by atoms with E-state index in [1.165, 1.54) is 17.0 Å². The Hall–Kier alpha value is -3.56. The van der Waals surface area contributed by atoms with Crippen LogP contribution in [-0.2, 0) is 26.2 Å². The van der Waals surface area contributed by atoms with Gasteiger partial charge >= 0.3 is 0 Å². The lowest BCUT2D eigenvalue weighted by Gasteiger charge is -2.33. The van der Waals surface area contributed by atoms with Gasteiger partial charge in [0.25, 0.3) is 10.0 Å². The van der Waals surface area contributed by atoms with E-state index in [1.807, 2.05) is 39.8 Å². The molecule has 1 N–H and O–H groups in total. The summed E-state index contributed by atoms with van der Waals surface area (Å²) in [5.41, 5.74) is 2.60. The highest BCUT2D eigenvalue weighted by Crippen LogP contribution is 2.30. The first-order chi connectivity index (χ1) is 19.9. The summed E-state index contributed by atoms with van der Waals surface area (Å²) in [6, 6.07) is 17.7. The van der Waals surface area contributed by atoms with Crippen molar-refractivity contribution in [1.29, 1.82) is 0 Å². The average molecular weight is 614 g/mol. The average Bonchev–Trinajstić information content (AvgIpc) is 2.95. The van der Waals surface area contributed by atoms with Gasteiger partial charge in [0.1, 0.15) is 18.3 Å². The van der Waals surface area contributed by atoms with Crippen LogP contribution in [0.25, 0.3) is 0 Å². The predicted octanol–water partition coefficient (Wildman–Crippen LogP) is 5.74. The number of nitrogens with zero attached hydrogens (tertiary/aromatic N) is 2. The normalized spacial score (nSPS) is 12.1. The van der Waals surface area contributed by atoms with Crippen LogP contribution in [-0.4, -0.2) is 51.4 Å². The summed E-state index contributed by atoms with van der Waals surface area (Å²) in [5.74, 6) is 0.0817. The minimum atomic E-state index is -4.17. The van der Waals surface area contributed by atoms with Crippen LogP contribution in [0.4, 0.5) is 5.69 Å². The smallest absolute Gasteiger partial charge is 0.264 e. The minimum Gasteiger partial charge on any atom is -0.497 e. The van der Waals surface area contributed by atoms with Crippen LogP contribution in [0.3, 0.4) is 0 Å². The lowest BCUT2D eigenvalue weighted by molar-refractivity contribution is -0.140. The molecular weight excluding hydrogens is 574 g/mol. The third kappa shape index (κ3) is 8.26. The maximum absolute atomic E-state index is 14.2. The maximum atomic E-state index is 14.2. The Morgan fingerprint density at radius 1 is 0.976 bits per heavy atom. The van der Waals surface area contributed by atoms with E-state index in [0.717, 1.165) is 15.4 Å². The second kappa shape index (κ2) is 14.6. The van der Waals surface area contributed by atoms with Crippen LogP contribution in [0.5, 0.6) is 5.75 Å². The number of aryl methyl sites for hydroxylation is 2. The van der Waals surface area contributed by atoms with Crippen LogP contribution in [0.1, 0.15) is 43.9 Å².